The van der Waals surface area contributed by atoms with Gasteiger partial charge in [-0.05, 0) is 28.9 Å². The van der Waals surface area contributed by atoms with Crippen LogP contribution in [0, 0.1) is 0 Å². The number of nitrogens with zero attached hydrogens (tertiary/aromatic N) is 3. The third-order valence-corrected chi connectivity index (χ3v) is 3.68. The van der Waals surface area contributed by atoms with Crippen LogP contribution in [0.3, 0.4) is 0 Å². The Morgan fingerprint density at radius 2 is 2.13 bits per heavy atom. The van der Waals surface area contributed by atoms with Gasteiger partial charge in [0.25, 0.3) is 0 Å². The van der Waals surface area contributed by atoms with Gasteiger partial charge < -0.3 is 9.84 Å². The molecule has 0 aliphatic carbocycles. The molecule has 0 saturated carbocycles. The molecule has 0 bridgehead atoms. The van der Waals surface area contributed by atoms with Crippen LogP contribution < -0.4 is 0 Å². The fourth-order valence-electron chi connectivity index (χ4n) is 1.97. The van der Waals surface area contributed by atoms with Gasteiger partial charge in [-0.1, -0.05) is 0 Å². The quantitative estimate of drug-likeness (QED) is 0.609. The highest BCUT2D eigenvalue weighted by molar-refractivity contribution is 9.10. The Balaban J connectivity index is 2.25. The summed E-state index contributed by atoms with van der Waals surface area (Å²) >= 11 is 3.21. The highest BCUT2D eigenvalue weighted by Crippen LogP contribution is 2.31. The number of aromatic nitrogens is 3. The van der Waals surface area contributed by atoms with Crippen LogP contribution in [-0.2, 0) is 16.6 Å². The molecule has 0 radical (unpaired) electrons. The van der Waals surface area contributed by atoms with Gasteiger partial charge >= 0.3 is 5.97 Å². The summed E-state index contributed by atoms with van der Waals surface area (Å²) in [6.07, 6.45) is 3.22. The van der Waals surface area contributed by atoms with E-state index >= 15 is 0 Å². The van der Waals surface area contributed by atoms with Gasteiger partial charge in [-0.25, -0.2) is 4.98 Å². The van der Waals surface area contributed by atoms with Crippen molar-refractivity contribution in [1.29, 1.82) is 0 Å². The fraction of sp³-hybridized carbons (Fsp3) is 0.333. The van der Waals surface area contributed by atoms with E-state index in [0.29, 0.717) is 15.7 Å². The van der Waals surface area contributed by atoms with Crippen LogP contribution in [0.5, 0.6) is 5.75 Å². The Hall–Kier alpha value is -2.22. The van der Waals surface area contributed by atoms with E-state index in [9.17, 15) is 14.7 Å². The van der Waals surface area contributed by atoms with Crippen molar-refractivity contribution in [2.45, 2.75) is 19.8 Å². The van der Waals surface area contributed by atoms with Crippen LogP contribution in [0.15, 0.2) is 22.9 Å². The summed E-state index contributed by atoms with van der Waals surface area (Å²) in [6, 6.07) is 1.61. The van der Waals surface area contributed by atoms with Crippen molar-refractivity contribution in [3.05, 3.63) is 28.6 Å². The lowest BCUT2D eigenvalue weighted by Crippen LogP contribution is -2.09. The Kier molecular flexibility index (Phi) is 5.49. The van der Waals surface area contributed by atoms with Gasteiger partial charge in [-0.3, -0.25) is 14.3 Å². The van der Waals surface area contributed by atoms with E-state index in [1.165, 1.54) is 0 Å². The van der Waals surface area contributed by atoms with Crippen LogP contribution >= 0.6 is 15.9 Å². The van der Waals surface area contributed by atoms with Crippen LogP contribution in [0.4, 0.5) is 0 Å². The lowest BCUT2D eigenvalue weighted by atomic mass is 10.1. The third-order valence-electron chi connectivity index (χ3n) is 3.07. The standard InChI is InChI=1S/C15H16BrN3O4/c1-3-23-13(21)5-4-12(20)14-15(22)10(16)6-11(18-14)9-7-17-19(2)8-9/h6-8,22H,3-5H2,1-2H3. The monoisotopic (exact) mass is 381 g/mol. The molecule has 1 N–H and O–H groups in total. The zero-order valence-corrected chi connectivity index (χ0v) is 14.3. The van der Waals surface area contributed by atoms with Gasteiger partial charge in [-0.15, -0.1) is 0 Å². The second-order valence-electron chi connectivity index (χ2n) is 4.82. The molecule has 0 aliphatic heterocycles. The first-order chi connectivity index (χ1) is 10.9. The number of hydrogen-bond acceptors (Lipinski definition) is 6. The minimum absolute atomic E-state index is 0.0530. The summed E-state index contributed by atoms with van der Waals surface area (Å²) in [5.41, 5.74) is 1.14. The van der Waals surface area contributed by atoms with Crippen molar-refractivity contribution >= 4 is 27.7 Å². The predicted octanol–water partition coefficient (Wildman–Crippen LogP) is 2.48. The van der Waals surface area contributed by atoms with Crippen molar-refractivity contribution in [2.24, 2.45) is 7.05 Å². The molecule has 0 spiro atoms. The smallest absolute Gasteiger partial charge is 0.306 e. The number of rotatable bonds is 6. The number of ketones is 1. The van der Waals surface area contributed by atoms with Gasteiger partial charge in [0.05, 0.1) is 29.4 Å². The molecule has 2 rings (SSSR count). The SMILES string of the molecule is CCOC(=O)CCC(=O)c1nc(-c2cnn(C)c2)cc(Br)c1O. The summed E-state index contributed by atoms with van der Waals surface area (Å²) in [6.45, 7) is 1.96. The zero-order valence-electron chi connectivity index (χ0n) is 12.7. The number of aryl methyl sites for hydroxylation is 1. The van der Waals surface area contributed by atoms with Gasteiger partial charge in [0.15, 0.2) is 11.5 Å². The first kappa shape index (κ1) is 17.1. The average Bonchev–Trinajstić information content (AvgIpc) is 2.94. The molecule has 0 fully saturated rings. The number of carbonyl (C=O) groups is 2. The van der Waals surface area contributed by atoms with Crippen LogP contribution in [-0.4, -0.2) is 38.2 Å². The van der Waals surface area contributed by atoms with Crippen molar-refractivity contribution in [3.63, 3.8) is 0 Å². The zero-order chi connectivity index (χ0) is 17.0. The van der Waals surface area contributed by atoms with Gasteiger partial charge in [0, 0.05) is 25.2 Å². The second-order valence-corrected chi connectivity index (χ2v) is 5.67. The molecular weight excluding hydrogens is 366 g/mol. The summed E-state index contributed by atoms with van der Waals surface area (Å²) < 4.78 is 6.75. The Bertz CT molecular complexity index is 742. The molecular formula is C15H16BrN3O4. The lowest BCUT2D eigenvalue weighted by Gasteiger charge is -2.07. The molecule has 0 amide bonds. The lowest BCUT2D eigenvalue weighted by molar-refractivity contribution is -0.143. The minimum atomic E-state index is -0.456. The molecule has 23 heavy (non-hydrogen) atoms. The van der Waals surface area contributed by atoms with Crippen molar-refractivity contribution < 1.29 is 19.4 Å². The third kappa shape index (κ3) is 4.16. The maximum atomic E-state index is 12.2. The van der Waals surface area contributed by atoms with Crippen LogP contribution in [0.1, 0.15) is 30.3 Å². The van der Waals surface area contributed by atoms with Crippen molar-refractivity contribution in [2.75, 3.05) is 6.61 Å². The van der Waals surface area contributed by atoms with Crippen LogP contribution in [0.25, 0.3) is 11.3 Å². The first-order valence-electron chi connectivity index (χ1n) is 6.99. The molecule has 7 nitrogen and oxygen atoms in total. The number of esters is 1. The maximum Gasteiger partial charge on any atom is 0.306 e. The second kappa shape index (κ2) is 7.36. The molecule has 2 heterocycles. The van der Waals surface area contributed by atoms with Crippen LogP contribution in [0.2, 0.25) is 0 Å². The average molecular weight is 382 g/mol. The number of Topliss-reactive ketones (excluding diaryl/α,β-unsaturated/α-hetero) is 1. The van der Waals surface area contributed by atoms with E-state index < -0.39 is 11.8 Å². The normalized spacial score (nSPS) is 10.6. The highest BCUT2D eigenvalue weighted by atomic mass is 79.9. The molecule has 2 aromatic heterocycles. The van der Waals surface area contributed by atoms with E-state index in [-0.39, 0.29) is 30.9 Å². The Morgan fingerprint density at radius 3 is 2.74 bits per heavy atom. The number of ether oxygens (including phenoxy) is 1. The predicted molar refractivity (Wildman–Crippen MR) is 86.0 cm³/mol. The minimum Gasteiger partial charge on any atom is -0.504 e. The first-order valence-corrected chi connectivity index (χ1v) is 7.79. The summed E-state index contributed by atoms with van der Waals surface area (Å²) in [7, 11) is 1.77. The van der Waals surface area contributed by atoms with Crippen molar-refractivity contribution in [1.82, 2.24) is 14.8 Å². The van der Waals surface area contributed by atoms with Gasteiger partial charge in [0.2, 0.25) is 0 Å². The molecule has 0 unspecified atom stereocenters. The molecule has 0 aromatic carbocycles. The van der Waals surface area contributed by atoms with E-state index in [1.54, 1.807) is 37.1 Å². The van der Waals surface area contributed by atoms with E-state index in [2.05, 4.69) is 26.0 Å². The number of aromatic hydroxyl groups is 1. The fourth-order valence-corrected chi connectivity index (χ4v) is 2.37. The van der Waals surface area contributed by atoms with E-state index in [0.717, 1.165) is 0 Å². The van der Waals surface area contributed by atoms with Gasteiger partial charge in [-0.2, -0.15) is 5.10 Å². The number of pyridine rings is 1. The number of hydrogen-bond donors (Lipinski definition) is 1. The maximum absolute atomic E-state index is 12.2. The summed E-state index contributed by atoms with van der Waals surface area (Å²) in [5.74, 6) is -1.13. The molecule has 2 aromatic rings. The summed E-state index contributed by atoms with van der Waals surface area (Å²) in [5, 5.41) is 14.1. The van der Waals surface area contributed by atoms with Gasteiger partial charge in [0.1, 0.15) is 5.69 Å². The molecule has 0 saturated heterocycles. The molecule has 8 heteroatoms. The van der Waals surface area contributed by atoms with E-state index in [1.807, 2.05) is 0 Å². The Labute approximate surface area is 141 Å². The molecule has 122 valence electrons. The largest absolute Gasteiger partial charge is 0.504 e. The summed E-state index contributed by atoms with van der Waals surface area (Å²) in [4.78, 5) is 27.8. The topological polar surface area (TPSA) is 94.3 Å². The Morgan fingerprint density at radius 1 is 1.39 bits per heavy atom. The number of halogens is 1. The molecule has 0 atom stereocenters. The number of carbonyl (C=O) groups excluding carboxylic acids is 2. The van der Waals surface area contributed by atoms with E-state index in [4.69, 9.17) is 4.74 Å². The highest BCUT2D eigenvalue weighted by Gasteiger charge is 2.19. The molecule has 0 aliphatic rings. The van der Waals surface area contributed by atoms with Crippen molar-refractivity contribution in [3.8, 4) is 17.0 Å².